The average Bonchev–Trinajstić information content (AvgIpc) is 2.36. The van der Waals surface area contributed by atoms with Crippen molar-refractivity contribution in [1.29, 1.82) is 5.26 Å². The molecule has 5 nitrogen and oxygen atoms in total. The van der Waals surface area contributed by atoms with Crippen LogP contribution < -0.4 is 11.1 Å². The lowest BCUT2D eigenvalue weighted by molar-refractivity contribution is -0.116. The second-order valence-electron chi connectivity index (χ2n) is 4.13. The van der Waals surface area contributed by atoms with Crippen LogP contribution in [0, 0.1) is 11.3 Å². The molecular formula is C13H18N4O. The van der Waals surface area contributed by atoms with Gasteiger partial charge in [-0.2, -0.15) is 5.26 Å². The van der Waals surface area contributed by atoms with Gasteiger partial charge >= 0.3 is 0 Å². The molecule has 1 amide bonds. The molecular weight excluding hydrogens is 228 g/mol. The molecule has 0 unspecified atom stereocenters. The van der Waals surface area contributed by atoms with E-state index in [1.54, 1.807) is 24.3 Å². The highest BCUT2D eigenvalue weighted by Gasteiger charge is 2.04. The van der Waals surface area contributed by atoms with Gasteiger partial charge in [0.2, 0.25) is 5.91 Å². The van der Waals surface area contributed by atoms with Crippen molar-refractivity contribution in [3.8, 4) is 6.07 Å². The fourth-order valence-corrected chi connectivity index (χ4v) is 1.44. The normalized spacial score (nSPS) is 10.1. The Hall–Kier alpha value is -2.06. The van der Waals surface area contributed by atoms with E-state index in [0.717, 1.165) is 5.69 Å². The Balaban J connectivity index is 2.29. The predicted octanol–water partition coefficient (Wildman–Crippen LogP) is 1.44. The summed E-state index contributed by atoms with van der Waals surface area (Å²) in [6.07, 6.45) is 0.891. The number of nitrogen functional groups attached to an aromatic ring is 1. The minimum atomic E-state index is -0.0384. The number of nitrogens with zero attached hydrogens (tertiary/aromatic N) is 2. The largest absolute Gasteiger partial charge is 0.399 e. The lowest BCUT2D eigenvalue weighted by atomic mass is 10.2. The van der Waals surface area contributed by atoms with Crippen LogP contribution in [0.3, 0.4) is 0 Å². The molecule has 0 bridgehead atoms. The summed E-state index contributed by atoms with van der Waals surface area (Å²) < 4.78 is 0. The Bertz CT molecular complexity index is 422. The van der Waals surface area contributed by atoms with E-state index in [4.69, 9.17) is 11.0 Å². The molecule has 0 atom stereocenters. The maximum Gasteiger partial charge on any atom is 0.225 e. The first-order valence-corrected chi connectivity index (χ1v) is 5.82. The number of hydrogen-bond acceptors (Lipinski definition) is 4. The van der Waals surface area contributed by atoms with Crippen LogP contribution >= 0.6 is 0 Å². The van der Waals surface area contributed by atoms with Gasteiger partial charge in [-0.25, -0.2) is 0 Å². The molecule has 5 heteroatoms. The van der Waals surface area contributed by atoms with Gasteiger partial charge in [-0.1, -0.05) is 0 Å². The van der Waals surface area contributed by atoms with Gasteiger partial charge in [0.1, 0.15) is 0 Å². The van der Waals surface area contributed by atoms with Crippen molar-refractivity contribution in [2.45, 2.75) is 12.8 Å². The molecule has 0 saturated carbocycles. The van der Waals surface area contributed by atoms with E-state index in [2.05, 4.69) is 11.4 Å². The van der Waals surface area contributed by atoms with Gasteiger partial charge in [0.15, 0.2) is 0 Å². The zero-order chi connectivity index (χ0) is 13.4. The van der Waals surface area contributed by atoms with Crippen molar-refractivity contribution in [3.63, 3.8) is 0 Å². The van der Waals surface area contributed by atoms with Crippen molar-refractivity contribution < 1.29 is 4.79 Å². The maximum atomic E-state index is 11.6. The summed E-state index contributed by atoms with van der Waals surface area (Å²) in [6, 6.07) is 9.11. The molecule has 0 saturated heterocycles. The maximum absolute atomic E-state index is 11.6. The van der Waals surface area contributed by atoms with Crippen LogP contribution in [0.15, 0.2) is 24.3 Å². The first kappa shape index (κ1) is 14.0. The predicted molar refractivity (Wildman–Crippen MR) is 71.8 cm³/mol. The monoisotopic (exact) mass is 246 g/mol. The number of benzene rings is 1. The Labute approximate surface area is 107 Å². The summed E-state index contributed by atoms with van der Waals surface area (Å²) in [7, 11) is 1.90. The number of nitriles is 1. The van der Waals surface area contributed by atoms with Crippen molar-refractivity contribution >= 4 is 17.3 Å². The van der Waals surface area contributed by atoms with Crippen LogP contribution in [-0.4, -0.2) is 30.9 Å². The number of carbonyl (C=O) groups excluding carboxylic acids is 1. The molecule has 18 heavy (non-hydrogen) atoms. The standard InChI is InChI=1S/C13H18N4O/c1-17(9-2-8-14)10-7-13(18)16-12-5-3-11(15)4-6-12/h3-6H,2,7,9-10,15H2,1H3,(H,16,18). The lowest BCUT2D eigenvalue weighted by Gasteiger charge is -2.14. The van der Waals surface area contributed by atoms with Gasteiger partial charge in [-0.15, -0.1) is 0 Å². The second-order valence-corrected chi connectivity index (χ2v) is 4.13. The van der Waals surface area contributed by atoms with E-state index in [0.29, 0.717) is 31.6 Å². The molecule has 96 valence electrons. The minimum absolute atomic E-state index is 0.0384. The number of hydrogen-bond donors (Lipinski definition) is 2. The van der Waals surface area contributed by atoms with E-state index in [1.165, 1.54) is 0 Å². The molecule has 3 N–H and O–H groups in total. The first-order chi connectivity index (χ1) is 8.61. The summed E-state index contributed by atoms with van der Waals surface area (Å²) in [4.78, 5) is 13.6. The van der Waals surface area contributed by atoms with Gasteiger partial charge in [0, 0.05) is 37.3 Å². The number of rotatable bonds is 6. The Kier molecular flexibility index (Phi) is 5.68. The van der Waals surface area contributed by atoms with Crippen molar-refractivity contribution in [2.24, 2.45) is 0 Å². The highest BCUT2D eigenvalue weighted by atomic mass is 16.1. The highest BCUT2D eigenvalue weighted by molar-refractivity contribution is 5.90. The van der Waals surface area contributed by atoms with E-state index < -0.39 is 0 Å². The summed E-state index contributed by atoms with van der Waals surface area (Å²) in [5.41, 5.74) is 6.97. The fraction of sp³-hybridized carbons (Fsp3) is 0.385. The summed E-state index contributed by atoms with van der Waals surface area (Å²) in [5.74, 6) is -0.0384. The summed E-state index contributed by atoms with van der Waals surface area (Å²) in [5, 5.41) is 11.2. The average molecular weight is 246 g/mol. The minimum Gasteiger partial charge on any atom is -0.399 e. The third-order valence-corrected chi connectivity index (χ3v) is 2.52. The molecule has 1 aromatic carbocycles. The number of anilines is 2. The van der Waals surface area contributed by atoms with Crippen LogP contribution in [0.2, 0.25) is 0 Å². The number of amides is 1. The van der Waals surface area contributed by atoms with E-state index in [9.17, 15) is 4.79 Å². The van der Waals surface area contributed by atoms with Crippen molar-refractivity contribution in [3.05, 3.63) is 24.3 Å². The molecule has 1 rings (SSSR count). The van der Waals surface area contributed by atoms with Crippen LogP contribution in [-0.2, 0) is 4.79 Å². The third kappa shape index (κ3) is 5.32. The molecule has 0 aliphatic rings. The SMILES string of the molecule is CN(CCC#N)CCC(=O)Nc1ccc(N)cc1. The van der Waals surface area contributed by atoms with Gasteiger partial charge in [0.25, 0.3) is 0 Å². The summed E-state index contributed by atoms with van der Waals surface area (Å²) >= 11 is 0. The first-order valence-electron chi connectivity index (χ1n) is 5.82. The van der Waals surface area contributed by atoms with Crippen LogP contribution in [0.25, 0.3) is 0 Å². The van der Waals surface area contributed by atoms with Gasteiger partial charge in [-0.05, 0) is 31.3 Å². The van der Waals surface area contributed by atoms with E-state index in [1.807, 2.05) is 11.9 Å². The van der Waals surface area contributed by atoms with Gasteiger partial charge in [-0.3, -0.25) is 4.79 Å². The third-order valence-electron chi connectivity index (χ3n) is 2.52. The smallest absolute Gasteiger partial charge is 0.225 e. The van der Waals surface area contributed by atoms with Crippen molar-refractivity contribution in [1.82, 2.24) is 4.90 Å². The molecule has 0 radical (unpaired) electrons. The molecule has 0 aliphatic carbocycles. The van der Waals surface area contributed by atoms with E-state index >= 15 is 0 Å². The Morgan fingerprint density at radius 2 is 2.06 bits per heavy atom. The molecule has 0 fully saturated rings. The summed E-state index contributed by atoms with van der Waals surface area (Å²) in [6.45, 7) is 1.33. The topological polar surface area (TPSA) is 82.2 Å². The Morgan fingerprint density at radius 3 is 2.67 bits per heavy atom. The molecule has 0 heterocycles. The molecule has 0 spiro atoms. The quantitative estimate of drug-likeness (QED) is 0.744. The Morgan fingerprint density at radius 1 is 1.39 bits per heavy atom. The lowest BCUT2D eigenvalue weighted by Crippen LogP contribution is -2.25. The molecule has 1 aromatic rings. The fourth-order valence-electron chi connectivity index (χ4n) is 1.44. The highest BCUT2D eigenvalue weighted by Crippen LogP contribution is 2.10. The molecule has 0 aromatic heterocycles. The van der Waals surface area contributed by atoms with E-state index in [-0.39, 0.29) is 5.91 Å². The number of nitrogens with one attached hydrogen (secondary N) is 1. The zero-order valence-electron chi connectivity index (χ0n) is 10.5. The number of carbonyl (C=O) groups is 1. The van der Waals surface area contributed by atoms with Crippen LogP contribution in [0.4, 0.5) is 11.4 Å². The zero-order valence-corrected chi connectivity index (χ0v) is 10.5. The number of nitrogens with two attached hydrogens (primary N) is 1. The van der Waals surface area contributed by atoms with Crippen LogP contribution in [0.1, 0.15) is 12.8 Å². The van der Waals surface area contributed by atoms with Gasteiger partial charge in [0.05, 0.1) is 6.07 Å². The molecule has 0 aliphatic heterocycles. The van der Waals surface area contributed by atoms with Gasteiger partial charge < -0.3 is 16.0 Å². The second kappa shape index (κ2) is 7.30. The van der Waals surface area contributed by atoms with Crippen molar-refractivity contribution in [2.75, 3.05) is 31.2 Å². The van der Waals surface area contributed by atoms with Crippen LogP contribution in [0.5, 0.6) is 0 Å².